The van der Waals surface area contributed by atoms with Gasteiger partial charge in [0.1, 0.15) is 5.76 Å². The Bertz CT molecular complexity index is 613. The van der Waals surface area contributed by atoms with Gasteiger partial charge in [-0.25, -0.2) is 0 Å². The van der Waals surface area contributed by atoms with Gasteiger partial charge in [-0.05, 0) is 64.3 Å². The van der Waals surface area contributed by atoms with Crippen LogP contribution in [0.3, 0.4) is 0 Å². The number of halogens is 1. The van der Waals surface area contributed by atoms with Crippen molar-refractivity contribution in [2.75, 3.05) is 32.7 Å². The summed E-state index contributed by atoms with van der Waals surface area (Å²) in [6.45, 7) is 6.46. The third kappa shape index (κ3) is 8.54. The number of nitrogens with zero attached hydrogens (tertiary/aromatic N) is 2. The number of aliphatic imine (C=N–C) groups is 1. The summed E-state index contributed by atoms with van der Waals surface area (Å²) in [5, 5.41) is 9.69. The van der Waals surface area contributed by atoms with E-state index in [9.17, 15) is 4.79 Å². The highest BCUT2D eigenvalue weighted by atomic mass is 127. The summed E-state index contributed by atoms with van der Waals surface area (Å²) in [6.07, 6.45) is 9.16. The van der Waals surface area contributed by atoms with Crippen molar-refractivity contribution in [1.29, 1.82) is 0 Å². The Balaban J connectivity index is 0.00000300. The summed E-state index contributed by atoms with van der Waals surface area (Å²) in [6, 6.07) is 4.61. The van der Waals surface area contributed by atoms with Gasteiger partial charge in [0.15, 0.2) is 5.96 Å². The van der Waals surface area contributed by atoms with Crippen molar-refractivity contribution >= 4 is 35.8 Å². The van der Waals surface area contributed by atoms with Gasteiger partial charge >= 0.3 is 0 Å². The van der Waals surface area contributed by atoms with E-state index in [0.29, 0.717) is 19.0 Å². The quantitative estimate of drug-likeness (QED) is 0.193. The van der Waals surface area contributed by atoms with E-state index in [1.807, 2.05) is 12.1 Å². The summed E-state index contributed by atoms with van der Waals surface area (Å²) in [5.74, 6) is 1.95. The van der Waals surface area contributed by atoms with E-state index < -0.39 is 0 Å². The largest absolute Gasteiger partial charge is 0.468 e. The fourth-order valence-corrected chi connectivity index (χ4v) is 3.60. The fraction of sp³-hybridized carbons (Fsp3) is 0.714. The van der Waals surface area contributed by atoms with Crippen molar-refractivity contribution in [1.82, 2.24) is 20.9 Å². The molecule has 1 aliphatic carbocycles. The van der Waals surface area contributed by atoms with Gasteiger partial charge in [-0.3, -0.25) is 14.7 Å². The molecule has 3 N–H and O–H groups in total. The van der Waals surface area contributed by atoms with Gasteiger partial charge < -0.3 is 20.4 Å². The zero-order valence-electron chi connectivity index (χ0n) is 17.5. The normalized spacial score (nSPS) is 18.6. The minimum atomic E-state index is 0. The minimum Gasteiger partial charge on any atom is -0.468 e. The van der Waals surface area contributed by atoms with E-state index in [1.54, 1.807) is 6.26 Å². The van der Waals surface area contributed by atoms with E-state index in [4.69, 9.17) is 9.41 Å². The lowest BCUT2D eigenvalue weighted by atomic mass is 10.1. The van der Waals surface area contributed by atoms with Crippen LogP contribution in [-0.4, -0.2) is 55.5 Å². The number of rotatable bonds is 10. The maximum Gasteiger partial charge on any atom is 0.220 e. The second-order valence-electron chi connectivity index (χ2n) is 7.72. The molecule has 1 unspecified atom stereocenters. The summed E-state index contributed by atoms with van der Waals surface area (Å²) in [4.78, 5) is 19.1. The smallest absolute Gasteiger partial charge is 0.220 e. The number of carbonyl (C=O) groups is 1. The first-order valence-electron chi connectivity index (χ1n) is 10.8. The molecule has 3 rings (SSSR count). The SMILES string of the molecule is CCNC(=NCC(c1ccco1)N1CCCCC1)NCCCC(=O)NC1CC1.I. The second-order valence-corrected chi connectivity index (χ2v) is 7.72. The Morgan fingerprint density at radius 3 is 2.72 bits per heavy atom. The Morgan fingerprint density at radius 2 is 2.07 bits per heavy atom. The molecule has 2 fully saturated rings. The van der Waals surface area contributed by atoms with Crippen LogP contribution < -0.4 is 16.0 Å². The van der Waals surface area contributed by atoms with Crippen LogP contribution in [0.25, 0.3) is 0 Å². The lowest BCUT2D eigenvalue weighted by Gasteiger charge is -2.32. The molecule has 2 heterocycles. The molecule has 1 aliphatic heterocycles. The van der Waals surface area contributed by atoms with Gasteiger partial charge in [-0.15, -0.1) is 24.0 Å². The molecule has 8 heteroatoms. The van der Waals surface area contributed by atoms with Crippen molar-refractivity contribution < 1.29 is 9.21 Å². The van der Waals surface area contributed by atoms with E-state index >= 15 is 0 Å². The van der Waals surface area contributed by atoms with Crippen LogP contribution in [0.1, 0.15) is 63.7 Å². The van der Waals surface area contributed by atoms with Crippen LogP contribution in [0, 0.1) is 0 Å². The number of piperidine rings is 1. The number of guanidine groups is 1. The molecule has 7 nitrogen and oxygen atoms in total. The Labute approximate surface area is 191 Å². The maximum absolute atomic E-state index is 11.8. The lowest BCUT2D eigenvalue weighted by Crippen LogP contribution is -2.40. The summed E-state index contributed by atoms with van der Waals surface area (Å²) < 4.78 is 5.71. The third-order valence-corrected chi connectivity index (χ3v) is 5.29. The molecule has 0 radical (unpaired) electrons. The van der Waals surface area contributed by atoms with Gasteiger partial charge in [0.25, 0.3) is 0 Å². The predicted octanol–water partition coefficient (Wildman–Crippen LogP) is 3.04. The molecule has 1 aromatic rings. The van der Waals surface area contributed by atoms with Gasteiger partial charge in [0.05, 0.1) is 18.8 Å². The first kappa shape index (κ1) is 24.0. The van der Waals surface area contributed by atoms with Crippen molar-refractivity contribution in [3.05, 3.63) is 24.2 Å². The number of amides is 1. The molecule has 1 amide bonds. The number of furan rings is 1. The number of nitrogens with one attached hydrogen (secondary N) is 3. The topological polar surface area (TPSA) is 81.9 Å². The minimum absolute atomic E-state index is 0. The zero-order valence-corrected chi connectivity index (χ0v) is 19.8. The van der Waals surface area contributed by atoms with Crippen molar-refractivity contribution in [3.8, 4) is 0 Å². The number of hydrogen-bond donors (Lipinski definition) is 3. The standard InChI is InChI=1S/C21H35N5O2.HI/c1-2-22-21(23-12-6-9-20(27)25-17-10-11-17)24-16-18(19-8-7-15-28-19)26-13-4-3-5-14-26;/h7-8,15,17-18H,2-6,9-14,16H2,1H3,(H,25,27)(H2,22,23,24);1H. The van der Waals surface area contributed by atoms with Crippen LogP contribution in [0.2, 0.25) is 0 Å². The average Bonchev–Trinajstić information content (AvgIpc) is 3.35. The van der Waals surface area contributed by atoms with Gasteiger partial charge in [-0.1, -0.05) is 6.42 Å². The molecule has 2 aliphatic rings. The molecule has 29 heavy (non-hydrogen) atoms. The van der Waals surface area contributed by atoms with Crippen molar-refractivity contribution in [2.45, 2.75) is 64.0 Å². The van der Waals surface area contributed by atoms with Gasteiger partial charge in [-0.2, -0.15) is 0 Å². The van der Waals surface area contributed by atoms with Crippen LogP contribution >= 0.6 is 24.0 Å². The number of likely N-dealkylation sites (tertiary alicyclic amines) is 1. The second kappa shape index (κ2) is 13.1. The first-order valence-corrected chi connectivity index (χ1v) is 10.8. The van der Waals surface area contributed by atoms with E-state index in [-0.39, 0.29) is 35.9 Å². The summed E-state index contributed by atoms with van der Waals surface area (Å²) >= 11 is 0. The molecular weight excluding hydrogens is 481 g/mol. The van der Waals surface area contributed by atoms with Crippen molar-refractivity contribution in [2.24, 2.45) is 4.99 Å². The highest BCUT2D eigenvalue weighted by Crippen LogP contribution is 2.25. The zero-order chi connectivity index (χ0) is 19.6. The Morgan fingerprint density at radius 1 is 1.28 bits per heavy atom. The van der Waals surface area contributed by atoms with Crippen LogP contribution in [0.4, 0.5) is 0 Å². The molecule has 164 valence electrons. The molecule has 1 saturated carbocycles. The molecule has 0 spiro atoms. The molecule has 1 atom stereocenters. The van der Waals surface area contributed by atoms with E-state index in [0.717, 1.165) is 57.2 Å². The maximum atomic E-state index is 11.8. The van der Waals surface area contributed by atoms with E-state index in [2.05, 4.69) is 27.8 Å². The average molecular weight is 517 g/mol. The monoisotopic (exact) mass is 517 g/mol. The van der Waals surface area contributed by atoms with Gasteiger partial charge in [0, 0.05) is 25.6 Å². The molecule has 0 aromatic carbocycles. The Kier molecular flexibility index (Phi) is 10.8. The summed E-state index contributed by atoms with van der Waals surface area (Å²) in [7, 11) is 0. The summed E-state index contributed by atoms with van der Waals surface area (Å²) in [5.41, 5.74) is 0. The first-order chi connectivity index (χ1) is 13.8. The third-order valence-electron chi connectivity index (χ3n) is 5.29. The van der Waals surface area contributed by atoms with E-state index in [1.165, 1.54) is 19.3 Å². The highest BCUT2D eigenvalue weighted by Gasteiger charge is 2.24. The Hall–Kier alpha value is -1.29. The predicted molar refractivity (Wildman–Crippen MR) is 127 cm³/mol. The fourth-order valence-electron chi connectivity index (χ4n) is 3.60. The van der Waals surface area contributed by atoms with Crippen LogP contribution in [-0.2, 0) is 4.79 Å². The number of carbonyl (C=O) groups excluding carboxylic acids is 1. The molecular formula is C21H36IN5O2. The van der Waals surface area contributed by atoms with Gasteiger partial charge in [0.2, 0.25) is 5.91 Å². The lowest BCUT2D eigenvalue weighted by molar-refractivity contribution is -0.121. The van der Waals surface area contributed by atoms with Crippen LogP contribution in [0.5, 0.6) is 0 Å². The molecule has 0 bridgehead atoms. The highest BCUT2D eigenvalue weighted by molar-refractivity contribution is 14.0. The van der Waals surface area contributed by atoms with Crippen molar-refractivity contribution in [3.63, 3.8) is 0 Å². The molecule has 1 saturated heterocycles. The van der Waals surface area contributed by atoms with Crippen LogP contribution in [0.15, 0.2) is 27.8 Å². The number of hydrogen-bond acceptors (Lipinski definition) is 4. The molecule has 1 aromatic heterocycles.